The zero-order valence-electron chi connectivity index (χ0n) is 14.6. The van der Waals surface area contributed by atoms with Crippen LogP contribution in [0.3, 0.4) is 0 Å². The van der Waals surface area contributed by atoms with Crippen molar-refractivity contribution in [3.05, 3.63) is 91.0 Å². The number of carbonyl (C=O) groups excluding carboxylic acids is 1. The Hall–Kier alpha value is -2.44. The van der Waals surface area contributed by atoms with E-state index in [4.69, 9.17) is 0 Å². The molecule has 0 radical (unpaired) electrons. The van der Waals surface area contributed by atoms with Crippen molar-refractivity contribution in [3.8, 4) is 0 Å². The van der Waals surface area contributed by atoms with Crippen molar-refractivity contribution in [3.63, 3.8) is 0 Å². The van der Waals surface area contributed by atoms with E-state index in [9.17, 15) is 4.79 Å². The fourth-order valence-electron chi connectivity index (χ4n) is 3.50. The van der Waals surface area contributed by atoms with Gasteiger partial charge in [0, 0.05) is 6.92 Å². The molecular weight excluding hydrogens is 325 g/mol. The molecule has 0 aliphatic carbocycles. The lowest BCUT2D eigenvalue weighted by Crippen LogP contribution is -2.45. The van der Waals surface area contributed by atoms with Crippen LogP contribution in [0.2, 0.25) is 0 Å². The highest BCUT2D eigenvalue weighted by atomic mass is 31.2. The maximum atomic E-state index is 11.9. The van der Waals surface area contributed by atoms with Gasteiger partial charge in [-0.2, -0.15) is 0 Å². The standard InChI is InChI=1S/C22H22NOP/c1-18(24)23-19(2)25(20-12-6-3-7-13-20,21-14-8-4-9-15-21)22-16-10-5-11-17-22/h3-17,19H,1-2H3/p+1/t19-/m0/s1. The number of nitrogens with one attached hydrogen (secondary N) is 1. The number of carbonyl (C=O) groups is 1. The summed E-state index contributed by atoms with van der Waals surface area (Å²) >= 11 is 0. The molecule has 1 amide bonds. The Morgan fingerprint density at radius 3 is 1.32 bits per heavy atom. The molecule has 0 spiro atoms. The maximum Gasteiger partial charge on any atom is 0.219 e. The van der Waals surface area contributed by atoms with Crippen molar-refractivity contribution in [2.75, 3.05) is 0 Å². The molecule has 0 fully saturated rings. The van der Waals surface area contributed by atoms with E-state index in [1.165, 1.54) is 15.9 Å². The van der Waals surface area contributed by atoms with Gasteiger partial charge >= 0.3 is 0 Å². The molecule has 25 heavy (non-hydrogen) atoms. The smallest absolute Gasteiger partial charge is 0.219 e. The molecule has 1 atom stereocenters. The Morgan fingerprint density at radius 1 is 0.720 bits per heavy atom. The summed E-state index contributed by atoms with van der Waals surface area (Å²) in [6.45, 7) is 3.72. The third-order valence-electron chi connectivity index (χ3n) is 4.48. The van der Waals surface area contributed by atoms with Crippen LogP contribution in [-0.2, 0) is 4.79 Å². The zero-order chi connectivity index (χ0) is 17.7. The first-order chi connectivity index (χ1) is 12.2. The summed E-state index contributed by atoms with van der Waals surface area (Å²) < 4.78 is 0. The van der Waals surface area contributed by atoms with Gasteiger partial charge in [-0.15, -0.1) is 0 Å². The second-order valence-corrected chi connectivity index (χ2v) is 9.88. The third kappa shape index (κ3) is 3.36. The minimum absolute atomic E-state index is 0.000307. The van der Waals surface area contributed by atoms with E-state index < -0.39 is 7.26 Å². The summed E-state index contributed by atoms with van der Waals surface area (Å²) in [5.74, 6) is -0.00290. The van der Waals surface area contributed by atoms with Crippen LogP contribution in [0.15, 0.2) is 91.0 Å². The molecule has 3 heteroatoms. The van der Waals surface area contributed by atoms with E-state index in [0.29, 0.717) is 0 Å². The Balaban J connectivity index is 2.33. The first-order valence-corrected chi connectivity index (χ1v) is 10.3. The lowest BCUT2D eigenvalue weighted by atomic mass is 10.4. The topological polar surface area (TPSA) is 29.1 Å². The maximum absolute atomic E-state index is 11.9. The van der Waals surface area contributed by atoms with Gasteiger partial charge in [0.15, 0.2) is 5.78 Å². The molecule has 0 saturated heterocycles. The Kier molecular flexibility index (Phi) is 5.31. The van der Waals surface area contributed by atoms with Crippen LogP contribution in [0, 0.1) is 0 Å². The molecule has 0 aromatic heterocycles. The van der Waals surface area contributed by atoms with Gasteiger partial charge in [-0.25, -0.2) is 0 Å². The van der Waals surface area contributed by atoms with Gasteiger partial charge in [-0.3, -0.25) is 4.79 Å². The molecule has 0 saturated carbocycles. The number of hydrogen-bond acceptors (Lipinski definition) is 1. The minimum atomic E-state index is -2.03. The van der Waals surface area contributed by atoms with E-state index in [0.717, 1.165) is 0 Å². The Bertz CT molecular complexity index is 722. The largest absolute Gasteiger partial charge is 0.321 e. The van der Waals surface area contributed by atoms with E-state index in [2.05, 4.69) is 85.0 Å². The molecule has 0 heterocycles. The van der Waals surface area contributed by atoms with Crippen LogP contribution in [0.25, 0.3) is 0 Å². The second-order valence-electron chi connectivity index (χ2n) is 6.11. The monoisotopic (exact) mass is 348 g/mol. The highest BCUT2D eigenvalue weighted by Crippen LogP contribution is 2.58. The Morgan fingerprint density at radius 2 is 1.04 bits per heavy atom. The summed E-state index contributed by atoms with van der Waals surface area (Å²) in [6.07, 6.45) is 0. The van der Waals surface area contributed by atoms with E-state index in [1.807, 2.05) is 18.2 Å². The predicted octanol–water partition coefficient (Wildman–Crippen LogP) is 3.46. The van der Waals surface area contributed by atoms with Crippen LogP contribution in [0.4, 0.5) is 0 Å². The van der Waals surface area contributed by atoms with E-state index >= 15 is 0 Å². The third-order valence-corrected chi connectivity index (χ3v) is 9.11. The van der Waals surface area contributed by atoms with Crippen LogP contribution >= 0.6 is 7.26 Å². The SMILES string of the molecule is CC(=O)N[C@H](C)[P+](c1ccccc1)(c1ccccc1)c1ccccc1. The average Bonchev–Trinajstić information content (AvgIpc) is 2.64. The summed E-state index contributed by atoms with van der Waals surface area (Å²) in [4.78, 5) is 11.9. The lowest BCUT2D eigenvalue weighted by Gasteiger charge is -2.32. The molecule has 0 unspecified atom stereocenters. The van der Waals surface area contributed by atoms with Crippen molar-refractivity contribution < 1.29 is 4.79 Å². The molecule has 0 bridgehead atoms. The van der Waals surface area contributed by atoms with Crippen LogP contribution in [0.5, 0.6) is 0 Å². The fraction of sp³-hybridized carbons (Fsp3) is 0.136. The summed E-state index contributed by atoms with van der Waals surface area (Å²) in [7, 11) is -2.03. The first-order valence-electron chi connectivity index (χ1n) is 8.48. The normalized spacial score (nSPS) is 12.4. The minimum Gasteiger partial charge on any atom is -0.321 e. The molecule has 2 nitrogen and oxygen atoms in total. The van der Waals surface area contributed by atoms with Gasteiger partial charge in [-0.1, -0.05) is 54.6 Å². The number of rotatable bonds is 5. The average molecular weight is 348 g/mol. The molecule has 1 N–H and O–H groups in total. The van der Waals surface area contributed by atoms with Crippen molar-refractivity contribution in [1.29, 1.82) is 0 Å². The van der Waals surface area contributed by atoms with Gasteiger partial charge < -0.3 is 5.32 Å². The van der Waals surface area contributed by atoms with Gasteiger partial charge in [0.05, 0.1) is 0 Å². The number of hydrogen-bond donors (Lipinski definition) is 1. The quantitative estimate of drug-likeness (QED) is 0.703. The molecular formula is C22H23NOP+. The van der Waals surface area contributed by atoms with Crippen LogP contribution in [-0.4, -0.2) is 11.7 Å². The summed E-state index contributed by atoms with van der Waals surface area (Å²) in [6, 6.07) is 31.7. The van der Waals surface area contributed by atoms with Crippen molar-refractivity contribution in [1.82, 2.24) is 5.32 Å². The predicted molar refractivity (Wildman–Crippen MR) is 108 cm³/mol. The van der Waals surface area contributed by atoms with E-state index in [-0.39, 0.29) is 11.7 Å². The van der Waals surface area contributed by atoms with Crippen molar-refractivity contribution in [2.45, 2.75) is 19.6 Å². The molecule has 3 aromatic carbocycles. The van der Waals surface area contributed by atoms with Crippen LogP contribution in [0.1, 0.15) is 13.8 Å². The van der Waals surface area contributed by atoms with Gasteiger partial charge in [0.25, 0.3) is 0 Å². The molecule has 0 aliphatic heterocycles. The van der Waals surface area contributed by atoms with Gasteiger partial charge in [0.1, 0.15) is 23.2 Å². The molecule has 126 valence electrons. The number of amides is 1. The summed E-state index contributed by atoms with van der Waals surface area (Å²) in [5, 5.41) is 7.01. The number of benzene rings is 3. The zero-order valence-corrected chi connectivity index (χ0v) is 15.5. The highest BCUT2D eigenvalue weighted by molar-refractivity contribution is 7.96. The molecule has 3 aromatic rings. The first kappa shape index (κ1) is 17.4. The molecule has 3 rings (SSSR count). The van der Waals surface area contributed by atoms with Crippen molar-refractivity contribution in [2.24, 2.45) is 0 Å². The van der Waals surface area contributed by atoms with Crippen LogP contribution < -0.4 is 21.2 Å². The second kappa shape index (κ2) is 7.63. The van der Waals surface area contributed by atoms with Gasteiger partial charge in [0.2, 0.25) is 5.91 Å². The van der Waals surface area contributed by atoms with Gasteiger partial charge in [-0.05, 0) is 43.3 Å². The van der Waals surface area contributed by atoms with E-state index in [1.54, 1.807) is 6.92 Å². The summed E-state index contributed by atoms with van der Waals surface area (Å²) in [5.41, 5.74) is 0. The fourth-order valence-corrected chi connectivity index (χ4v) is 8.04. The van der Waals surface area contributed by atoms with Crippen molar-refractivity contribution >= 4 is 29.1 Å². The lowest BCUT2D eigenvalue weighted by molar-refractivity contribution is -0.119. The highest BCUT2D eigenvalue weighted by Gasteiger charge is 2.50. The Labute approximate surface area is 150 Å². The molecule has 0 aliphatic rings.